The number of phenolic OH excluding ortho intramolecular Hbond substituents is 4. The van der Waals surface area contributed by atoms with Crippen LogP contribution in [0.1, 0.15) is 30.0 Å². The molecule has 0 spiro atoms. The first-order valence-corrected chi connectivity index (χ1v) is 8.76. The first-order chi connectivity index (χ1) is 12.8. The number of aliphatic hydroxyl groups excluding tert-OH is 2. The van der Waals surface area contributed by atoms with Gasteiger partial charge in [0.2, 0.25) is 0 Å². The van der Waals surface area contributed by atoms with Crippen molar-refractivity contribution in [3.63, 3.8) is 0 Å². The van der Waals surface area contributed by atoms with Gasteiger partial charge >= 0.3 is 0 Å². The third-order valence-corrected chi connectivity index (χ3v) is 5.55. The summed E-state index contributed by atoms with van der Waals surface area (Å²) in [4.78, 5) is 3.82. The SMILES string of the molecule is Oc1ccc([C@@H](O)N2CC3CC2CN3[C@@H](O)c2ccc(O)c(O)c2)cc1O. The molecular formula is C19H22N2O6. The van der Waals surface area contributed by atoms with Gasteiger partial charge in [0.15, 0.2) is 23.0 Å². The minimum atomic E-state index is -0.913. The number of phenols is 4. The first-order valence-electron chi connectivity index (χ1n) is 8.76. The van der Waals surface area contributed by atoms with Gasteiger partial charge in [0.1, 0.15) is 12.5 Å². The Balaban J connectivity index is 1.47. The summed E-state index contributed by atoms with van der Waals surface area (Å²) < 4.78 is 0. The second kappa shape index (κ2) is 6.58. The Bertz CT molecular complexity index is 791. The van der Waals surface area contributed by atoms with Crippen molar-refractivity contribution < 1.29 is 30.6 Å². The van der Waals surface area contributed by atoms with Crippen LogP contribution in [-0.2, 0) is 0 Å². The van der Waals surface area contributed by atoms with Crippen LogP contribution in [0.3, 0.4) is 0 Å². The van der Waals surface area contributed by atoms with Crippen LogP contribution in [0.4, 0.5) is 0 Å². The van der Waals surface area contributed by atoms with E-state index in [1.54, 1.807) is 12.1 Å². The molecular weight excluding hydrogens is 352 g/mol. The van der Waals surface area contributed by atoms with Crippen molar-refractivity contribution in [2.75, 3.05) is 13.1 Å². The molecule has 2 unspecified atom stereocenters. The van der Waals surface area contributed by atoms with E-state index in [9.17, 15) is 30.6 Å². The minimum Gasteiger partial charge on any atom is -0.504 e. The molecule has 8 heteroatoms. The van der Waals surface area contributed by atoms with Crippen molar-refractivity contribution in [1.29, 1.82) is 0 Å². The fourth-order valence-electron chi connectivity index (χ4n) is 4.11. The molecule has 2 heterocycles. The van der Waals surface area contributed by atoms with Crippen molar-refractivity contribution in [2.24, 2.45) is 0 Å². The van der Waals surface area contributed by atoms with Crippen molar-refractivity contribution in [1.82, 2.24) is 9.80 Å². The fourth-order valence-corrected chi connectivity index (χ4v) is 4.11. The van der Waals surface area contributed by atoms with Crippen LogP contribution in [0.15, 0.2) is 36.4 Å². The number of piperazine rings is 1. The number of hydrogen-bond acceptors (Lipinski definition) is 8. The first kappa shape index (κ1) is 17.9. The molecule has 144 valence electrons. The van der Waals surface area contributed by atoms with Gasteiger partial charge < -0.3 is 30.6 Å². The van der Waals surface area contributed by atoms with E-state index < -0.39 is 12.5 Å². The van der Waals surface area contributed by atoms with Crippen LogP contribution in [-0.4, -0.2) is 65.6 Å². The molecule has 0 radical (unpaired) electrons. The maximum Gasteiger partial charge on any atom is 0.157 e. The summed E-state index contributed by atoms with van der Waals surface area (Å²) in [6.07, 6.45) is -1.05. The number of hydrogen-bond donors (Lipinski definition) is 6. The van der Waals surface area contributed by atoms with Crippen LogP contribution < -0.4 is 0 Å². The maximum atomic E-state index is 10.7. The van der Waals surface area contributed by atoms with Crippen LogP contribution in [0, 0.1) is 0 Å². The summed E-state index contributed by atoms with van der Waals surface area (Å²) in [7, 11) is 0. The highest BCUT2D eigenvalue weighted by molar-refractivity contribution is 5.42. The smallest absolute Gasteiger partial charge is 0.157 e. The molecule has 8 nitrogen and oxygen atoms in total. The Labute approximate surface area is 155 Å². The molecule has 2 bridgehead atoms. The zero-order valence-corrected chi connectivity index (χ0v) is 14.5. The van der Waals surface area contributed by atoms with Gasteiger partial charge in [-0.2, -0.15) is 0 Å². The molecule has 2 aliphatic rings. The molecule has 27 heavy (non-hydrogen) atoms. The zero-order chi connectivity index (χ0) is 19.3. The average molecular weight is 374 g/mol. The lowest BCUT2D eigenvalue weighted by atomic mass is 10.1. The average Bonchev–Trinajstić information content (AvgIpc) is 3.26. The number of benzene rings is 2. The Hall–Kier alpha value is -2.52. The van der Waals surface area contributed by atoms with Crippen LogP contribution in [0.5, 0.6) is 23.0 Å². The summed E-state index contributed by atoms with van der Waals surface area (Å²) in [6.45, 7) is 1.07. The molecule has 2 fully saturated rings. The molecule has 2 aliphatic heterocycles. The van der Waals surface area contributed by atoms with Gasteiger partial charge in [0.25, 0.3) is 0 Å². The number of aliphatic hydroxyl groups is 2. The van der Waals surface area contributed by atoms with Crippen molar-refractivity contribution in [3.8, 4) is 23.0 Å². The summed E-state index contributed by atoms with van der Waals surface area (Å²) in [5.74, 6) is -1.03. The van der Waals surface area contributed by atoms with Crippen LogP contribution >= 0.6 is 0 Å². The van der Waals surface area contributed by atoms with E-state index in [1.807, 2.05) is 9.80 Å². The molecule has 6 N–H and O–H groups in total. The van der Waals surface area contributed by atoms with Crippen LogP contribution in [0.25, 0.3) is 0 Å². The lowest BCUT2D eigenvalue weighted by molar-refractivity contribution is -0.0743. The van der Waals surface area contributed by atoms with Gasteiger partial charge in [-0.1, -0.05) is 12.1 Å². The molecule has 0 amide bonds. The topological polar surface area (TPSA) is 128 Å². The molecule has 2 aromatic carbocycles. The van der Waals surface area contributed by atoms with E-state index >= 15 is 0 Å². The van der Waals surface area contributed by atoms with E-state index in [-0.39, 0.29) is 35.1 Å². The Morgan fingerprint density at radius 3 is 1.41 bits per heavy atom. The predicted molar refractivity (Wildman–Crippen MR) is 95.1 cm³/mol. The Morgan fingerprint density at radius 1 is 0.667 bits per heavy atom. The Kier molecular flexibility index (Phi) is 4.35. The Morgan fingerprint density at radius 2 is 1.07 bits per heavy atom. The third kappa shape index (κ3) is 3.06. The van der Waals surface area contributed by atoms with Crippen molar-refractivity contribution in [2.45, 2.75) is 31.0 Å². The summed E-state index contributed by atoms with van der Waals surface area (Å²) in [6, 6.07) is 8.57. The summed E-state index contributed by atoms with van der Waals surface area (Å²) in [5.41, 5.74) is 0.988. The number of nitrogens with zero attached hydrogens (tertiary/aromatic N) is 2. The lowest BCUT2D eigenvalue weighted by Crippen LogP contribution is -2.48. The standard InChI is InChI=1S/C19H22N2O6/c22-14-3-1-10(5-16(14)24)18(26)20-8-13-7-12(20)9-21(13)19(27)11-2-4-15(23)17(25)6-11/h1-6,12-13,18-19,22-27H,7-9H2/t12?,13?,18-,19+. The molecule has 0 aliphatic carbocycles. The van der Waals surface area contributed by atoms with Crippen molar-refractivity contribution >= 4 is 0 Å². The molecule has 2 aromatic rings. The predicted octanol–water partition coefficient (Wildman–Crippen LogP) is 0.949. The van der Waals surface area contributed by atoms with Gasteiger partial charge in [-0.15, -0.1) is 0 Å². The monoisotopic (exact) mass is 374 g/mol. The van der Waals surface area contributed by atoms with Crippen molar-refractivity contribution in [3.05, 3.63) is 47.5 Å². The van der Waals surface area contributed by atoms with Gasteiger partial charge in [0, 0.05) is 25.2 Å². The van der Waals surface area contributed by atoms with E-state index in [4.69, 9.17) is 0 Å². The van der Waals surface area contributed by atoms with E-state index in [0.29, 0.717) is 24.2 Å². The molecule has 4 rings (SSSR count). The fraction of sp³-hybridized carbons (Fsp3) is 0.368. The van der Waals surface area contributed by atoms with Gasteiger partial charge in [-0.3, -0.25) is 9.80 Å². The number of fused-ring (bicyclic) bond motifs is 2. The molecule has 4 atom stereocenters. The largest absolute Gasteiger partial charge is 0.504 e. The minimum absolute atomic E-state index is 0.0290. The van der Waals surface area contributed by atoms with Gasteiger partial charge in [0.05, 0.1) is 0 Å². The molecule has 2 saturated heterocycles. The second-order valence-electron chi connectivity index (χ2n) is 7.18. The number of aromatic hydroxyl groups is 4. The van der Waals surface area contributed by atoms with Crippen LogP contribution in [0.2, 0.25) is 0 Å². The van der Waals surface area contributed by atoms with E-state index in [0.717, 1.165) is 6.42 Å². The normalized spacial score (nSPS) is 25.0. The molecule has 0 aromatic heterocycles. The summed E-state index contributed by atoms with van der Waals surface area (Å²) >= 11 is 0. The number of likely N-dealkylation sites (tertiary alicyclic amines) is 2. The highest BCUT2D eigenvalue weighted by atomic mass is 16.3. The van der Waals surface area contributed by atoms with Gasteiger partial charge in [-0.05, 0) is 41.8 Å². The third-order valence-electron chi connectivity index (χ3n) is 5.55. The van der Waals surface area contributed by atoms with E-state index in [1.165, 1.54) is 24.3 Å². The quantitative estimate of drug-likeness (QED) is 0.437. The maximum absolute atomic E-state index is 10.7. The van der Waals surface area contributed by atoms with E-state index in [2.05, 4.69) is 0 Å². The second-order valence-corrected chi connectivity index (χ2v) is 7.18. The van der Waals surface area contributed by atoms with Gasteiger partial charge in [-0.25, -0.2) is 0 Å². The zero-order valence-electron chi connectivity index (χ0n) is 14.5. The lowest BCUT2D eigenvalue weighted by Gasteiger charge is -2.39. The molecule has 0 saturated carbocycles. The highest BCUT2D eigenvalue weighted by Gasteiger charge is 2.47. The number of rotatable bonds is 4. The summed E-state index contributed by atoms with van der Waals surface area (Å²) in [5, 5.41) is 59.5. The highest BCUT2D eigenvalue weighted by Crippen LogP contribution is 2.41.